The Kier molecular flexibility index (Phi) is 2.87. The van der Waals surface area contributed by atoms with E-state index in [1.807, 2.05) is 0 Å². The first-order valence-corrected chi connectivity index (χ1v) is 5.86. The summed E-state index contributed by atoms with van der Waals surface area (Å²) in [5.74, 6) is -0.181. The Morgan fingerprint density at radius 2 is 2.40 bits per heavy atom. The van der Waals surface area contributed by atoms with Gasteiger partial charge < -0.3 is 10.6 Å². The molecule has 84 valence electrons. The lowest BCUT2D eigenvalue weighted by molar-refractivity contribution is -0.121. The van der Waals surface area contributed by atoms with Crippen molar-refractivity contribution < 1.29 is 9.59 Å². The van der Waals surface area contributed by atoms with Crippen molar-refractivity contribution in [2.24, 2.45) is 0 Å². The van der Waals surface area contributed by atoms with Gasteiger partial charge in [0.15, 0.2) is 0 Å². The fourth-order valence-electron chi connectivity index (χ4n) is 2.70. The molecular formula is C10H15ClN2O2. The highest BCUT2D eigenvalue weighted by Gasteiger charge is 2.48. The van der Waals surface area contributed by atoms with Crippen LogP contribution in [0.3, 0.4) is 0 Å². The maximum absolute atomic E-state index is 11.4. The summed E-state index contributed by atoms with van der Waals surface area (Å²) in [5, 5.41) is 5.85. The summed E-state index contributed by atoms with van der Waals surface area (Å²) in [7, 11) is 0. The number of amides is 2. The summed E-state index contributed by atoms with van der Waals surface area (Å²) in [6.07, 6.45) is 4.41. The molecule has 0 radical (unpaired) electrons. The lowest BCUT2D eigenvalue weighted by atomic mass is 9.78. The first-order chi connectivity index (χ1) is 7.16. The van der Waals surface area contributed by atoms with Gasteiger partial charge in [-0.2, -0.15) is 0 Å². The third-order valence-electron chi connectivity index (χ3n) is 3.35. The SMILES string of the molecule is O=C1C[C@]2(NC(=O)CCl)CCCC[C@@H]2N1. The van der Waals surface area contributed by atoms with Gasteiger partial charge in [0.1, 0.15) is 5.88 Å². The van der Waals surface area contributed by atoms with E-state index < -0.39 is 0 Å². The number of hydrogen-bond acceptors (Lipinski definition) is 2. The van der Waals surface area contributed by atoms with Crippen LogP contribution in [-0.4, -0.2) is 29.3 Å². The summed E-state index contributed by atoms with van der Waals surface area (Å²) in [4.78, 5) is 22.7. The molecule has 2 fully saturated rings. The molecule has 0 aromatic heterocycles. The molecule has 0 spiro atoms. The van der Waals surface area contributed by atoms with Crippen LogP contribution in [0, 0.1) is 0 Å². The van der Waals surface area contributed by atoms with Crippen LogP contribution in [0.2, 0.25) is 0 Å². The second-order valence-electron chi connectivity index (χ2n) is 4.38. The first kappa shape index (κ1) is 10.7. The fourth-order valence-corrected chi connectivity index (χ4v) is 2.76. The number of carbonyl (C=O) groups is 2. The molecule has 1 aliphatic heterocycles. The van der Waals surface area contributed by atoms with Crippen LogP contribution in [0.4, 0.5) is 0 Å². The van der Waals surface area contributed by atoms with Gasteiger partial charge in [0.2, 0.25) is 11.8 Å². The Morgan fingerprint density at radius 1 is 1.60 bits per heavy atom. The van der Waals surface area contributed by atoms with Crippen LogP contribution < -0.4 is 10.6 Å². The molecule has 1 aliphatic carbocycles. The van der Waals surface area contributed by atoms with Gasteiger partial charge in [-0.05, 0) is 12.8 Å². The molecule has 1 saturated heterocycles. The highest BCUT2D eigenvalue weighted by atomic mass is 35.5. The Morgan fingerprint density at radius 3 is 3.13 bits per heavy atom. The van der Waals surface area contributed by atoms with E-state index in [0.717, 1.165) is 25.7 Å². The molecule has 2 atom stereocenters. The zero-order valence-electron chi connectivity index (χ0n) is 8.51. The maximum atomic E-state index is 11.4. The van der Waals surface area contributed by atoms with Crippen molar-refractivity contribution >= 4 is 23.4 Å². The number of halogens is 1. The van der Waals surface area contributed by atoms with E-state index in [1.165, 1.54) is 0 Å². The Hall–Kier alpha value is -0.770. The predicted molar refractivity (Wildman–Crippen MR) is 56.6 cm³/mol. The van der Waals surface area contributed by atoms with Crippen LogP contribution in [0.25, 0.3) is 0 Å². The van der Waals surface area contributed by atoms with Crippen molar-refractivity contribution in [2.75, 3.05) is 5.88 Å². The minimum atomic E-state index is -0.360. The van der Waals surface area contributed by atoms with Gasteiger partial charge in [-0.15, -0.1) is 11.6 Å². The van der Waals surface area contributed by atoms with E-state index in [-0.39, 0.29) is 29.3 Å². The lowest BCUT2D eigenvalue weighted by Gasteiger charge is -2.38. The minimum Gasteiger partial charge on any atom is -0.351 e. The van der Waals surface area contributed by atoms with Crippen LogP contribution in [0.5, 0.6) is 0 Å². The molecule has 2 amide bonds. The molecule has 2 aliphatic rings. The highest BCUT2D eigenvalue weighted by molar-refractivity contribution is 6.27. The van der Waals surface area contributed by atoms with Crippen molar-refractivity contribution in [3.05, 3.63) is 0 Å². The Balaban J connectivity index is 2.14. The smallest absolute Gasteiger partial charge is 0.235 e. The molecule has 0 unspecified atom stereocenters. The normalized spacial score (nSPS) is 34.5. The number of nitrogens with one attached hydrogen (secondary N) is 2. The maximum Gasteiger partial charge on any atom is 0.235 e. The van der Waals surface area contributed by atoms with Crippen LogP contribution in [0.1, 0.15) is 32.1 Å². The summed E-state index contributed by atoms with van der Waals surface area (Å²) in [6, 6.07) is 0.103. The average Bonchev–Trinajstić information content (AvgIpc) is 2.53. The molecule has 0 aromatic carbocycles. The summed E-state index contributed by atoms with van der Waals surface area (Å²) < 4.78 is 0. The van der Waals surface area contributed by atoms with Gasteiger partial charge in [0, 0.05) is 0 Å². The monoisotopic (exact) mass is 230 g/mol. The van der Waals surface area contributed by atoms with Gasteiger partial charge in [0.25, 0.3) is 0 Å². The van der Waals surface area contributed by atoms with E-state index in [0.29, 0.717) is 6.42 Å². The van der Waals surface area contributed by atoms with E-state index in [4.69, 9.17) is 11.6 Å². The van der Waals surface area contributed by atoms with Crippen LogP contribution in [-0.2, 0) is 9.59 Å². The number of rotatable bonds is 2. The first-order valence-electron chi connectivity index (χ1n) is 5.33. The van der Waals surface area contributed by atoms with E-state index in [2.05, 4.69) is 10.6 Å². The average molecular weight is 231 g/mol. The van der Waals surface area contributed by atoms with Crippen LogP contribution >= 0.6 is 11.6 Å². The highest BCUT2D eigenvalue weighted by Crippen LogP contribution is 2.35. The van der Waals surface area contributed by atoms with Crippen molar-refractivity contribution in [1.29, 1.82) is 0 Å². The summed E-state index contributed by atoms with van der Waals surface area (Å²) in [6.45, 7) is 0. The fraction of sp³-hybridized carbons (Fsp3) is 0.800. The predicted octanol–water partition coefficient (Wildman–Crippen LogP) is 0.543. The third-order valence-corrected chi connectivity index (χ3v) is 3.60. The summed E-state index contributed by atoms with van der Waals surface area (Å²) in [5.41, 5.74) is -0.360. The number of alkyl halides is 1. The molecular weight excluding hydrogens is 216 g/mol. The topological polar surface area (TPSA) is 58.2 Å². The number of fused-ring (bicyclic) bond motifs is 1. The number of hydrogen-bond donors (Lipinski definition) is 2. The van der Waals surface area contributed by atoms with Gasteiger partial charge in [-0.25, -0.2) is 0 Å². The van der Waals surface area contributed by atoms with Crippen molar-refractivity contribution in [1.82, 2.24) is 10.6 Å². The van der Waals surface area contributed by atoms with Crippen molar-refractivity contribution in [2.45, 2.75) is 43.7 Å². The zero-order chi connectivity index (χ0) is 10.9. The largest absolute Gasteiger partial charge is 0.351 e. The second kappa shape index (κ2) is 4.00. The van der Waals surface area contributed by atoms with E-state index >= 15 is 0 Å². The standard InChI is InChI=1S/C10H15ClN2O2/c11-6-9(15)13-10-4-2-1-3-7(10)12-8(14)5-10/h7H,1-6H2,(H,12,14)(H,13,15)/t7-,10+/m0/s1. The van der Waals surface area contributed by atoms with Gasteiger partial charge in [-0.1, -0.05) is 12.8 Å². The molecule has 0 aromatic rings. The van der Waals surface area contributed by atoms with Crippen molar-refractivity contribution in [3.8, 4) is 0 Å². The van der Waals surface area contributed by atoms with E-state index in [1.54, 1.807) is 0 Å². The molecule has 15 heavy (non-hydrogen) atoms. The molecule has 2 N–H and O–H groups in total. The molecule has 1 heterocycles. The van der Waals surface area contributed by atoms with Crippen molar-refractivity contribution in [3.63, 3.8) is 0 Å². The molecule has 2 rings (SSSR count). The minimum absolute atomic E-state index is 0.0387. The van der Waals surface area contributed by atoms with Gasteiger partial charge in [-0.3, -0.25) is 9.59 Å². The quantitative estimate of drug-likeness (QED) is 0.681. The van der Waals surface area contributed by atoms with Gasteiger partial charge in [0.05, 0.1) is 18.0 Å². The Bertz CT molecular complexity index is 295. The van der Waals surface area contributed by atoms with Crippen LogP contribution in [0.15, 0.2) is 0 Å². The molecule has 4 nitrogen and oxygen atoms in total. The van der Waals surface area contributed by atoms with E-state index in [9.17, 15) is 9.59 Å². The van der Waals surface area contributed by atoms with Gasteiger partial charge >= 0.3 is 0 Å². The Labute approximate surface area is 93.7 Å². The zero-order valence-corrected chi connectivity index (χ0v) is 9.27. The molecule has 1 saturated carbocycles. The second-order valence-corrected chi connectivity index (χ2v) is 4.65. The number of carbonyl (C=O) groups excluding carboxylic acids is 2. The molecule has 0 bridgehead atoms. The third kappa shape index (κ3) is 1.95. The summed E-state index contributed by atoms with van der Waals surface area (Å²) >= 11 is 5.48. The lowest BCUT2D eigenvalue weighted by Crippen LogP contribution is -2.57. The molecule has 5 heteroatoms.